The van der Waals surface area contributed by atoms with E-state index in [-0.39, 0.29) is 5.70 Å². The molecule has 0 radical (unpaired) electrons. The lowest BCUT2D eigenvalue weighted by Crippen LogP contribution is -2.26. The standard InChI is InChI=1S/C10H16N2O3/c1-3-10(2)6(8(12)5-15-10)4-7(11)9(13)14/h4H,3,5,11-12H2,1-2H3,(H,13,14)/b7-4-. The molecule has 1 aliphatic rings. The molecular weight excluding hydrogens is 196 g/mol. The summed E-state index contributed by atoms with van der Waals surface area (Å²) in [5.41, 5.74) is 11.6. The molecule has 0 bridgehead atoms. The van der Waals surface area contributed by atoms with Crippen molar-refractivity contribution in [2.24, 2.45) is 11.5 Å². The van der Waals surface area contributed by atoms with E-state index in [0.29, 0.717) is 24.3 Å². The Hall–Kier alpha value is -1.49. The van der Waals surface area contributed by atoms with Gasteiger partial charge >= 0.3 is 5.97 Å². The first-order valence-corrected chi connectivity index (χ1v) is 4.74. The minimum absolute atomic E-state index is 0.224. The third-order valence-corrected chi connectivity index (χ3v) is 2.68. The smallest absolute Gasteiger partial charge is 0.351 e. The van der Waals surface area contributed by atoms with E-state index in [9.17, 15) is 4.79 Å². The van der Waals surface area contributed by atoms with Crippen LogP contribution >= 0.6 is 0 Å². The van der Waals surface area contributed by atoms with Crippen LogP contribution in [0.3, 0.4) is 0 Å². The summed E-state index contributed by atoms with van der Waals surface area (Å²) in [7, 11) is 0. The van der Waals surface area contributed by atoms with Crippen molar-refractivity contribution in [1.29, 1.82) is 0 Å². The number of rotatable bonds is 3. The van der Waals surface area contributed by atoms with Crippen molar-refractivity contribution in [1.82, 2.24) is 0 Å². The Morgan fingerprint density at radius 3 is 2.80 bits per heavy atom. The molecule has 0 fully saturated rings. The van der Waals surface area contributed by atoms with E-state index in [1.165, 1.54) is 6.08 Å². The number of hydrogen-bond acceptors (Lipinski definition) is 4. The minimum Gasteiger partial charge on any atom is -0.477 e. The van der Waals surface area contributed by atoms with Crippen molar-refractivity contribution in [3.8, 4) is 0 Å². The van der Waals surface area contributed by atoms with Gasteiger partial charge in [0, 0.05) is 11.3 Å². The van der Waals surface area contributed by atoms with Gasteiger partial charge in [-0.1, -0.05) is 6.92 Å². The Bertz CT molecular complexity index is 347. The SMILES string of the molecule is CCC1(C)OCC(N)=C1/C=C(\N)C(=O)O. The van der Waals surface area contributed by atoms with E-state index >= 15 is 0 Å². The highest BCUT2D eigenvalue weighted by Crippen LogP contribution is 2.33. The summed E-state index contributed by atoms with van der Waals surface area (Å²) in [6.07, 6.45) is 2.10. The molecule has 0 saturated heterocycles. The third kappa shape index (κ3) is 2.12. The number of ether oxygens (including phenoxy) is 1. The maximum absolute atomic E-state index is 10.6. The van der Waals surface area contributed by atoms with Crippen LogP contribution in [-0.4, -0.2) is 23.3 Å². The number of aliphatic carboxylic acids is 1. The molecule has 1 atom stereocenters. The van der Waals surface area contributed by atoms with Gasteiger partial charge in [0.15, 0.2) is 0 Å². The molecule has 0 aromatic rings. The highest BCUT2D eigenvalue weighted by atomic mass is 16.5. The summed E-state index contributed by atoms with van der Waals surface area (Å²) in [4.78, 5) is 10.6. The summed E-state index contributed by atoms with van der Waals surface area (Å²) < 4.78 is 5.50. The van der Waals surface area contributed by atoms with Crippen LogP contribution in [0.1, 0.15) is 20.3 Å². The van der Waals surface area contributed by atoms with Crippen molar-refractivity contribution >= 4 is 5.97 Å². The fraction of sp³-hybridized carbons (Fsp3) is 0.500. The molecule has 0 amide bonds. The zero-order valence-corrected chi connectivity index (χ0v) is 8.91. The van der Waals surface area contributed by atoms with Crippen LogP contribution in [0, 0.1) is 0 Å². The average Bonchev–Trinajstić information content (AvgIpc) is 2.46. The second-order valence-electron chi connectivity index (χ2n) is 3.72. The van der Waals surface area contributed by atoms with Crippen LogP contribution in [0.15, 0.2) is 23.0 Å². The third-order valence-electron chi connectivity index (χ3n) is 2.68. The first-order chi connectivity index (χ1) is 6.90. The Balaban J connectivity index is 3.07. The first-order valence-electron chi connectivity index (χ1n) is 4.74. The zero-order valence-electron chi connectivity index (χ0n) is 8.91. The normalized spacial score (nSPS) is 27.2. The second kappa shape index (κ2) is 3.94. The molecule has 1 aliphatic heterocycles. The fourth-order valence-electron chi connectivity index (χ4n) is 1.49. The van der Waals surface area contributed by atoms with Crippen LogP contribution in [-0.2, 0) is 9.53 Å². The fourth-order valence-corrected chi connectivity index (χ4v) is 1.49. The van der Waals surface area contributed by atoms with Gasteiger partial charge in [-0.15, -0.1) is 0 Å². The summed E-state index contributed by atoms with van der Waals surface area (Å²) in [6, 6.07) is 0. The lowest BCUT2D eigenvalue weighted by atomic mass is 9.92. The summed E-state index contributed by atoms with van der Waals surface area (Å²) >= 11 is 0. The number of nitrogens with two attached hydrogens (primary N) is 2. The monoisotopic (exact) mass is 212 g/mol. The molecule has 84 valence electrons. The van der Waals surface area contributed by atoms with E-state index < -0.39 is 11.6 Å². The molecular formula is C10H16N2O3. The summed E-state index contributed by atoms with van der Waals surface area (Å²) in [6.45, 7) is 4.14. The molecule has 5 N–H and O–H groups in total. The van der Waals surface area contributed by atoms with Crippen LogP contribution in [0.5, 0.6) is 0 Å². The molecule has 15 heavy (non-hydrogen) atoms. The van der Waals surface area contributed by atoms with E-state index in [4.69, 9.17) is 21.3 Å². The largest absolute Gasteiger partial charge is 0.477 e. The molecule has 0 aromatic carbocycles. The van der Waals surface area contributed by atoms with Crippen LogP contribution < -0.4 is 11.5 Å². The Kier molecular flexibility index (Phi) is 3.04. The molecule has 0 spiro atoms. The molecule has 1 heterocycles. The van der Waals surface area contributed by atoms with Gasteiger partial charge < -0.3 is 21.3 Å². The lowest BCUT2D eigenvalue weighted by Gasteiger charge is -2.23. The first kappa shape index (κ1) is 11.6. The average molecular weight is 212 g/mol. The van der Waals surface area contributed by atoms with E-state index in [1.54, 1.807) is 0 Å². The Labute approximate surface area is 88.4 Å². The van der Waals surface area contributed by atoms with E-state index in [1.807, 2.05) is 13.8 Å². The van der Waals surface area contributed by atoms with Gasteiger partial charge in [-0.3, -0.25) is 0 Å². The highest BCUT2D eigenvalue weighted by Gasteiger charge is 2.34. The summed E-state index contributed by atoms with van der Waals surface area (Å²) in [5, 5.41) is 8.67. The van der Waals surface area contributed by atoms with E-state index in [0.717, 1.165) is 0 Å². The molecule has 0 aliphatic carbocycles. The van der Waals surface area contributed by atoms with Crippen LogP contribution in [0.4, 0.5) is 0 Å². The second-order valence-corrected chi connectivity index (χ2v) is 3.72. The lowest BCUT2D eigenvalue weighted by molar-refractivity contribution is -0.132. The van der Waals surface area contributed by atoms with E-state index in [2.05, 4.69) is 0 Å². The van der Waals surface area contributed by atoms with Crippen molar-refractivity contribution in [2.45, 2.75) is 25.9 Å². The minimum atomic E-state index is -1.15. The van der Waals surface area contributed by atoms with Gasteiger partial charge in [0.1, 0.15) is 5.70 Å². The summed E-state index contributed by atoms with van der Waals surface area (Å²) in [5.74, 6) is -1.15. The number of carboxylic acid groups (broad SMARTS) is 1. The highest BCUT2D eigenvalue weighted by molar-refractivity contribution is 5.86. The predicted molar refractivity (Wildman–Crippen MR) is 55.8 cm³/mol. The maximum atomic E-state index is 10.6. The quantitative estimate of drug-likeness (QED) is 0.585. The molecule has 0 aromatic heterocycles. The number of carboxylic acids is 1. The molecule has 1 rings (SSSR count). The predicted octanol–water partition coefficient (Wildman–Crippen LogP) is 0.325. The van der Waals surface area contributed by atoms with Crippen molar-refractivity contribution < 1.29 is 14.6 Å². The Morgan fingerprint density at radius 2 is 2.33 bits per heavy atom. The molecule has 5 heteroatoms. The van der Waals surface area contributed by atoms with Gasteiger partial charge in [0.25, 0.3) is 0 Å². The zero-order chi connectivity index (χ0) is 11.6. The number of carbonyl (C=O) groups is 1. The van der Waals surface area contributed by atoms with Gasteiger partial charge in [-0.05, 0) is 19.4 Å². The molecule has 1 unspecified atom stereocenters. The van der Waals surface area contributed by atoms with Crippen LogP contribution in [0.2, 0.25) is 0 Å². The maximum Gasteiger partial charge on any atom is 0.351 e. The van der Waals surface area contributed by atoms with Crippen molar-refractivity contribution in [3.63, 3.8) is 0 Å². The van der Waals surface area contributed by atoms with Crippen LogP contribution in [0.25, 0.3) is 0 Å². The van der Waals surface area contributed by atoms with Gasteiger partial charge in [-0.25, -0.2) is 4.79 Å². The molecule has 5 nitrogen and oxygen atoms in total. The van der Waals surface area contributed by atoms with Gasteiger partial charge in [0.05, 0.1) is 12.2 Å². The Morgan fingerprint density at radius 1 is 1.73 bits per heavy atom. The van der Waals surface area contributed by atoms with Crippen molar-refractivity contribution in [3.05, 3.63) is 23.0 Å². The van der Waals surface area contributed by atoms with Crippen molar-refractivity contribution in [2.75, 3.05) is 6.61 Å². The van der Waals surface area contributed by atoms with Gasteiger partial charge in [-0.2, -0.15) is 0 Å². The topological polar surface area (TPSA) is 98.6 Å². The van der Waals surface area contributed by atoms with Gasteiger partial charge in [0.2, 0.25) is 0 Å². The molecule has 0 saturated carbocycles. The number of hydrogen-bond donors (Lipinski definition) is 3.